The molecule has 0 fully saturated rings. The quantitative estimate of drug-likeness (QED) is 0.778. The molecule has 1 nitrogen and oxygen atoms in total. The normalized spacial score (nSPS) is 12.8. The molecule has 1 aromatic carbocycles. The van der Waals surface area contributed by atoms with Crippen LogP contribution in [0.25, 0.3) is 0 Å². The molecule has 1 heterocycles. The van der Waals surface area contributed by atoms with E-state index in [-0.39, 0.29) is 0 Å². The number of thiophene rings is 1. The van der Waals surface area contributed by atoms with E-state index in [9.17, 15) is 0 Å². The monoisotopic (exact) mass is 337 g/mol. The van der Waals surface area contributed by atoms with Crippen molar-refractivity contribution in [3.05, 3.63) is 56.7 Å². The minimum atomic E-state index is 0.435. The molecule has 0 aliphatic carbocycles. The third kappa shape index (κ3) is 4.44. The summed E-state index contributed by atoms with van der Waals surface area (Å²) in [5.41, 5.74) is 1.38. The van der Waals surface area contributed by atoms with E-state index in [4.69, 9.17) is 0 Å². The lowest BCUT2D eigenvalue weighted by Gasteiger charge is -2.23. The highest BCUT2D eigenvalue weighted by Gasteiger charge is 2.14. The van der Waals surface area contributed by atoms with Gasteiger partial charge in [0, 0.05) is 17.5 Å². The van der Waals surface area contributed by atoms with Gasteiger partial charge in [-0.2, -0.15) is 0 Å². The SMILES string of the molecule is CC(C)C(NCCc1ccc(Br)s1)c1ccccc1. The van der Waals surface area contributed by atoms with E-state index in [2.05, 4.69) is 77.6 Å². The number of nitrogens with one attached hydrogen (secondary N) is 1. The second-order valence-electron chi connectivity index (χ2n) is 5.04. The lowest BCUT2D eigenvalue weighted by molar-refractivity contribution is 0.415. The zero-order valence-electron chi connectivity index (χ0n) is 11.4. The Hall–Kier alpha value is -0.640. The van der Waals surface area contributed by atoms with E-state index in [1.807, 2.05) is 11.3 Å². The number of halogens is 1. The molecule has 1 N–H and O–H groups in total. The van der Waals surface area contributed by atoms with Crippen LogP contribution < -0.4 is 5.32 Å². The minimum absolute atomic E-state index is 0.435. The smallest absolute Gasteiger partial charge is 0.0701 e. The molecule has 2 aromatic rings. The number of hydrogen-bond donors (Lipinski definition) is 1. The first-order chi connectivity index (χ1) is 9.16. The zero-order chi connectivity index (χ0) is 13.7. The molecule has 2 rings (SSSR count). The average molecular weight is 338 g/mol. The van der Waals surface area contributed by atoms with E-state index in [1.54, 1.807) is 0 Å². The van der Waals surface area contributed by atoms with Crippen molar-refractivity contribution >= 4 is 27.3 Å². The van der Waals surface area contributed by atoms with E-state index in [1.165, 1.54) is 14.2 Å². The van der Waals surface area contributed by atoms with Crippen molar-refractivity contribution in [3.8, 4) is 0 Å². The second kappa shape index (κ2) is 7.22. The Kier molecular flexibility index (Phi) is 5.61. The second-order valence-corrected chi connectivity index (χ2v) is 7.59. The van der Waals surface area contributed by atoms with Crippen LogP contribution in [0.4, 0.5) is 0 Å². The maximum Gasteiger partial charge on any atom is 0.0701 e. The molecule has 102 valence electrons. The fraction of sp³-hybridized carbons (Fsp3) is 0.375. The van der Waals surface area contributed by atoms with Gasteiger partial charge in [0.15, 0.2) is 0 Å². The van der Waals surface area contributed by atoms with Gasteiger partial charge in [-0.25, -0.2) is 0 Å². The molecule has 1 unspecified atom stereocenters. The van der Waals surface area contributed by atoms with Gasteiger partial charge in [-0.15, -0.1) is 11.3 Å². The summed E-state index contributed by atoms with van der Waals surface area (Å²) >= 11 is 5.33. The minimum Gasteiger partial charge on any atom is -0.309 e. The first-order valence-corrected chi connectivity index (χ1v) is 8.30. The predicted molar refractivity (Wildman–Crippen MR) is 87.7 cm³/mol. The van der Waals surface area contributed by atoms with Crippen molar-refractivity contribution < 1.29 is 0 Å². The first-order valence-electron chi connectivity index (χ1n) is 6.69. The molecular weight excluding hydrogens is 318 g/mol. The van der Waals surface area contributed by atoms with Crippen molar-refractivity contribution in [2.24, 2.45) is 5.92 Å². The average Bonchev–Trinajstić information content (AvgIpc) is 2.81. The standard InChI is InChI=1S/C16H20BrNS/c1-12(2)16(13-6-4-3-5-7-13)18-11-10-14-8-9-15(17)19-14/h3-9,12,16,18H,10-11H2,1-2H3. The largest absolute Gasteiger partial charge is 0.309 e. The summed E-state index contributed by atoms with van der Waals surface area (Å²) in [6.45, 7) is 5.56. The van der Waals surface area contributed by atoms with Gasteiger partial charge in [0.25, 0.3) is 0 Å². The molecule has 1 atom stereocenters. The van der Waals surface area contributed by atoms with Crippen molar-refractivity contribution in [3.63, 3.8) is 0 Å². The lowest BCUT2D eigenvalue weighted by atomic mass is 9.96. The Morgan fingerprint density at radius 3 is 2.42 bits per heavy atom. The van der Waals surface area contributed by atoms with Gasteiger partial charge in [0.1, 0.15) is 0 Å². The molecule has 0 spiro atoms. The molecule has 0 saturated carbocycles. The maximum atomic E-state index is 3.68. The molecular formula is C16H20BrNS. The van der Waals surface area contributed by atoms with Crippen molar-refractivity contribution in [1.82, 2.24) is 5.32 Å². The molecule has 1 aromatic heterocycles. The van der Waals surface area contributed by atoms with Crippen LogP contribution in [0, 0.1) is 5.92 Å². The van der Waals surface area contributed by atoms with E-state index in [0.717, 1.165) is 13.0 Å². The van der Waals surface area contributed by atoms with Crippen LogP contribution in [0.2, 0.25) is 0 Å². The lowest BCUT2D eigenvalue weighted by Crippen LogP contribution is -2.27. The van der Waals surface area contributed by atoms with Gasteiger partial charge >= 0.3 is 0 Å². The highest BCUT2D eigenvalue weighted by Crippen LogP contribution is 2.24. The summed E-state index contributed by atoms with van der Waals surface area (Å²) in [5.74, 6) is 0.595. The maximum absolute atomic E-state index is 3.68. The van der Waals surface area contributed by atoms with Crippen LogP contribution in [-0.4, -0.2) is 6.54 Å². The molecule has 0 aliphatic heterocycles. The number of hydrogen-bond acceptors (Lipinski definition) is 2. The highest BCUT2D eigenvalue weighted by molar-refractivity contribution is 9.11. The zero-order valence-corrected chi connectivity index (χ0v) is 13.8. The van der Waals surface area contributed by atoms with Gasteiger partial charge in [-0.05, 0) is 46.0 Å². The fourth-order valence-electron chi connectivity index (χ4n) is 2.24. The molecule has 3 heteroatoms. The molecule has 0 bridgehead atoms. The van der Waals surface area contributed by atoms with Crippen molar-refractivity contribution in [2.45, 2.75) is 26.3 Å². The Labute approximate surface area is 128 Å². The summed E-state index contributed by atoms with van der Waals surface area (Å²) < 4.78 is 1.21. The van der Waals surface area contributed by atoms with E-state index >= 15 is 0 Å². The summed E-state index contributed by atoms with van der Waals surface area (Å²) in [4.78, 5) is 1.43. The van der Waals surface area contributed by atoms with Gasteiger partial charge in [0.05, 0.1) is 3.79 Å². The van der Waals surface area contributed by atoms with Gasteiger partial charge in [-0.1, -0.05) is 44.2 Å². The van der Waals surface area contributed by atoms with Crippen LogP contribution in [0.15, 0.2) is 46.3 Å². The Morgan fingerprint density at radius 2 is 1.84 bits per heavy atom. The molecule has 0 amide bonds. The van der Waals surface area contributed by atoms with E-state index < -0.39 is 0 Å². The van der Waals surface area contributed by atoms with Crippen LogP contribution in [-0.2, 0) is 6.42 Å². The molecule has 0 radical (unpaired) electrons. The van der Waals surface area contributed by atoms with Crippen LogP contribution in [0.3, 0.4) is 0 Å². The Morgan fingerprint density at radius 1 is 1.11 bits per heavy atom. The summed E-state index contributed by atoms with van der Waals surface area (Å²) in [7, 11) is 0. The third-order valence-electron chi connectivity index (χ3n) is 3.19. The summed E-state index contributed by atoms with van der Waals surface area (Å²) in [6.07, 6.45) is 1.09. The van der Waals surface area contributed by atoms with Crippen molar-refractivity contribution in [1.29, 1.82) is 0 Å². The fourth-order valence-corrected chi connectivity index (χ4v) is 3.72. The summed E-state index contributed by atoms with van der Waals surface area (Å²) in [5, 5.41) is 3.68. The van der Waals surface area contributed by atoms with Crippen LogP contribution in [0.1, 0.15) is 30.3 Å². The number of benzene rings is 1. The topological polar surface area (TPSA) is 12.0 Å². The van der Waals surface area contributed by atoms with Gasteiger partial charge < -0.3 is 5.32 Å². The Balaban J connectivity index is 1.91. The number of rotatable bonds is 6. The molecule has 0 saturated heterocycles. The predicted octanol–water partition coefficient (Wildman–Crippen LogP) is 5.04. The first kappa shape index (κ1) is 14.8. The molecule has 0 aliphatic rings. The third-order valence-corrected chi connectivity index (χ3v) is 4.87. The van der Waals surface area contributed by atoms with E-state index in [0.29, 0.717) is 12.0 Å². The highest BCUT2D eigenvalue weighted by atomic mass is 79.9. The molecule has 19 heavy (non-hydrogen) atoms. The van der Waals surface area contributed by atoms with Gasteiger partial charge in [-0.3, -0.25) is 0 Å². The van der Waals surface area contributed by atoms with Crippen LogP contribution >= 0.6 is 27.3 Å². The van der Waals surface area contributed by atoms with Crippen LogP contribution in [0.5, 0.6) is 0 Å². The van der Waals surface area contributed by atoms with Crippen molar-refractivity contribution in [2.75, 3.05) is 6.54 Å². The summed E-state index contributed by atoms with van der Waals surface area (Å²) in [6, 6.07) is 15.5. The Bertz CT molecular complexity index is 492. The van der Waals surface area contributed by atoms with Gasteiger partial charge in [0.2, 0.25) is 0 Å².